The maximum Gasteiger partial charge on any atom is 0.275 e. The Kier molecular flexibility index (Phi) is 6.38. The second-order valence-corrected chi connectivity index (χ2v) is 4.47. The summed E-state index contributed by atoms with van der Waals surface area (Å²) in [5.74, 6) is 3.12. The van der Waals surface area contributed by atoms with Gasteiger partial charge in [0.15, 0.2) is 0 Å². The van der Waals surface area contributed by atoms with Crippen molar-refractivity contribution in [1.82, 2.24) is 0 Å². The summed E-state index contributed by atoms with van der Waals surface area (Å²) in [6.45, 7) is 4.54. The average Bonchev–Trinajstić information content (AvgIpc) is 2.44. The van der Waals surface area contributed by atoms with Gasteiger partial charge in [-0.05, 0) is 12.8 Å². The molecule has 20 heavy (non-hydrogen) atoms. The minimum atomic E-state index is -0.436. The first-order valence-corrected chi connectivity index (χ1v) is 6.75. The van der Waals surface area contributed by atoms with E-state index < -0.39 is 4.92 Å². The molecule has 0 fully saturated rings. The summed E-state index contributed by atoms with van der Waals surface area (Å²) in [5.41, 5.74) is 0.607. The molecule has 1 atom stereocenters. The van der Waals surface area contributed by atoms with Gasteiger partial charge in [0.2, 0.25) is 0 Å². The van der Waals surface area contributed by atoms with E-state index in [9.17, 15) is 10.1 Å². The summed E-state index contributed by atoms with van der Waals surface area (Å²) in [7, 11) is 0. The van der Waals surface area contributed by atoms with Gasteiger partial charge in [-0.1, -0.05) is 26.2 Å². The molecular formula is C15H20N2O3. The van der Waals surface area contributed by atoms with E-state index in [1.807, 2.05) is 13.8 Å². The van der Waals surface area contributed by atoms with Crippen molar-refractivity contribution in [3.63, 3.8) is 0 Å². The summed E-state index contributed by atoms with van der Waals surface area (Å²) < 4.78 is 5.47. The van der Waals surface area contributed by atoms with Crippen LogP contribution in [-0.2, 0) is 0 Å². The lowest BCUT2D eigenvalue weighted by atomic mass is 10.1. The number of nitrogens with one attached hydrogen (secondary N) is 1. The minimum Gasteiger partial charge on any atom is -0.493 e. The third-order valence-corrected chi connectivity index (χ3v) is 2.69. The highest BCUT2D eigenvalue weighted by atomic mass is 16.6. The summed E-state index contributed by atoms with van der Waals surface area (Å²) >= 11 is 0. The Hall–Kier alpha value is -2.22. The van der Waals surface area contributed by atoms with Crippen molar-refractivity contribution in [3.05, 3.63) is 28.3 Å². The molecule has 1 N–H and O–H groups in total. The average molecular weight is 276 g/mol. The smallest absolute Gasteiger partial charge is 0.275 e. The van der Waals surface area contributed by atoms with Crippen LogP contribution < -0.4 is 10.1 Å². The Labute approximate surface area is 119 Å². The molecule has 0 spiro atoms. The fourth-order valence-corrected chi connectivity index (χ4v) is 1.76. The fourth-order valence-electron chi connectivity index (χ4n) is 1.76. The van der Waals surface area contributed by atoms with Crippen LogP contribution in [0.15, 0.2) is 18.2 Å². The third kappa shape index (κ3) is 4.81. The van der Waals surface area contributed by atoms with E-state index >= 15 is 0 Å². The first-order chi connectivity index (χ1) is 9.60. The standard InChI is InChI=1S/C15H20N2O3/c1-4-7-12(6-3)16-13-9-14(17(18)19)11-15(10-13)20-8-5-2/h3,9-12,16H,4-5,7-8H2,1-2H3. The maximum atomic E-state index is 10.9. The molecule has 1 aromatic rings. The Balaban J connectivity index is 2.96. The lowest BCUT2D eigenvalue weighted by molar-refractivity contribution is -0.384. The molecule has 5 heteroatoms. The first kappa shape index (κ1) is 15.8. The van der Waals surface area contributed by atoms with Gasteiger partial charge in [0.1, 0.15) is 5.75 Å². The van der Waals surface area contributed by atoms with Crippen molar-refractivity contribution in [2.45, 2.75) is 39.2 Å². The molecule has 5 nitrogen and oxygen atoms in total. The number of ether oxygens (including phenoxy) is 1. The van der Waals surface area contributed by atoms with Gasteiger partial charge < -0.3 is 10.1 Å². The molecule has 0 heterocycles. The van der Waals surface area contributed by atoms with E-state index in [1.54, 1.807) is 6.07 Å². The monoisotopic (exact) mass is 276 g/mol. The van der Waals surface area contributed by atoms with Crippen LogP contribution in [0.3, 0.4) is 0 Å². The predicted octanol–water partition coefficient (Wildman–Crippen LogP) is 3.60. The zero-order valence-electron chi connectivity index (χ0n) is 11.9. The van der Waals surface area contributed by atoms with Gasteiger partial charge in [0.05, 0.1) is 23.6 Å². The molecule has 0 aliphatic heterocycles. The molecule has 108 valence electrons. The molecule has 0 saturated carbocycles. The van der Waals surface area contributed by atoms with E-state index in [4.69, 9.17) is 11.2 Å². The van der Waals surface area contributed by atoms with Crippen LogP contribution in [-0.4, -0.2) is 17.6 Å². The van der Waals surface area contributed by atoms with E-state index in [2.05, 4.69) is 11.2 Å². The number of hydrogen-bond acceptors (Lipinski definition) is 4. The SMILES string of the molecule is C#CC(CCC)Nc1cc(OCCC)cc([N+](=O)[O-])c1. The molecule has 1 unspecified atom stereocenters. The van der Waals surface area contributed by atoms with Crippen molar-refractivity contribution >= 4 is 11.4 Å². The lowest BCUT2D eigenvalue weighted by Crippen LogP contribution is -2.16. The van der Waals surface area contributed by atoms with Gasteiger partial charge in [0, 0.05) is 17.8 Å². The van der Waals surface area contributed by atoms with Crippen LogP contribution in [0.1, 0.15) is 33.1 Å². The molecule has 0 aliphatic rings. The predicted molar refractivity (Wildman–Crippen MR) is 80.0 cm³/mol. The van der Waals surface area contributed by atoms with Crippen molar-refractivity contribution in [2.75, 3.05) is 11.9 Å². The Bertz CT molecular complexity index is 494. The zero-order chi connectivity index (χ0) is 15.0. The summed E-state index contributed by atoms with van der Waals surface area (Å²) in [6.07, 6.45) is 8.04. The quantitative estimate of drug-likeness (QED) is 0.447. The molecule has 0 aliphatic carbocycles. The maximum absolute atomic E-state index is 10.9. The van der Waals surface area contributed by atoms with Gasteiger partial charge in [-0.3, -0.25) is 10.1 Å². The molecule has 0 amide bonds. The zero-order valence-corrected chi connectivity index (χ0v) is 11.9. The van der Waals surface area contributed by atoms with Gasteiger partial charge >= 0.3 is 0 Å². The second kappa shape index (κ2) is 8.05. The van der Waals surface area contributed by atoms with Crippen LogP contribution in [0.25, 0.3) is 0 Å². The molecular weight excluding hydrogens is 256 g/mol. The number of nitro benzene ring substituents is 1. The number of hydrogen-bond donors (Lipinski definition) is 1. The number of nitrogens with zero attached hydrogens (tertiary/aromatic N) is 1. The number of benzene rings is 1. The van der Waals surface area contributed by atoms with Crippen LogP contribution in [0.2, 0.25) is 0 Å². The van der Waals surface area contributed by atoms with Gasteiger partial charge in [-0.15, -0.1) is 6.42 Å². The summed E-state index contributed by atoms with van der Waals surface area (Å²) in [6, 6.07) is 4.49. The first-order valence-electron chi connectivity index (χ1n) is 6.75. The molecule has 0 bridgehead atoms. The number of non-ortho nitro benzene ring substituents is 1. The number of anilines is 1. The van der Waals surface area contributed by atoms with Crippen molar-refractivity contribution in [3.8, 4) is 18.1 Å². The Morgan fingerprint density at radius 3 is 2.70 bits per heavy atom. The number of terminal acetylenes is 1. The summed E-state index contributed by atoms with van der Waals surface area (Å²) in [4.78, 5) is 10.5. The molecule has 1 rings (SSSR count). The topological polar surface area (TPSA) is 64.4 Å². The van der Waals surface area contributed by atoms with Crippen LogP contribution in [0.5, 0.6) is 5.75 Å². The van der Waals surface area contributed by atoms with Gasteiger partial charge in [-0.25, -0.2) is 0 Å². The van der Waals surface area contributed by atoms with E-state index in [-0.39, 0.29) is 11.7 Å². The van der Waals surface area contributed by atoms with Crippen molar-refractivity contribution in [1.29, 1.82) is 0 Å². The highest BCUT2D eigenvalue weighted by molar-refractivity contribution is 5.57. The number of rotatable bonds is 8. The molecule has 0 aromatic heterocycles. The largest absolute Gasteiger partial charge is 0.493 e. The highest BCUT2D eigenvalue weighted by Gasteiger charge is 2.12. The second-order valence-electron chi connectivity index (χ2n) is 4.47. The normalized spacial score (nSPS) is 11.4. The Morgan fingerprint density at radius 1 is 1.40 bits per heavy atom. The highest BCUT2D eigenvalue weighted by Crippen LogP contribution is 2.27. The van der Waals surface area contributed by atoms with Crippen molar-refractivity contribution in [2.24, 2.45) is 0 Å². The minimum absolute atomic E-state index is 0.00614. The van der Waals surface area contributed by atoms with E-state index in [0.717, 1.165) is 19.3 Å². The Morgan fingerprint density at radius 2 is 2.15 bits per heavy atom. The van der Waals surface area contributed by atoms with Crippen LogP contribution in [0.4, 0.5) is 11.4 Å². The number of nitro groups is 1. The third-order valence-electron chi connectivity index (χ3n) is 2.69. The molecule has 0 saturated heterocycles. The molecule has 0 radical (unpaired) electrons. The van der Waals surface area contributed by atoms with E-state index in [1.165, 1.54) is 12.1 Å². The van der Waals surface area contributed by atoms with Crippen LogP contribution in [0, 0.1) is 22.5 Å². The summed E-state index contributed by atoms with van der Waals surface area (Å²) in [5, 5.41) is 14.1. The van der Waals surface area contributed by atoms with Crippen LogP contribution >= 0.6 is 0 Å². The molecule has 1 aromatic carbocycles. The lowest BCUT2D eigenvalue weighted by Gasteiger charge is -2.14. The van der Waals surface area contributed by atoms with Gasteiger partial charge in [0.25, 0.3) is 5.69 Å². The van der Waals surface area contributed by atoms with Crippen molar-refractivity contribution < 1.29 is 9.66 Å². The van der Waals surface area contributed by atoms with E-state index in [0.29, 0.717) is 18.0 Å². The fraction of sp³-hybridized carbons (Fsp3) is 0.467. The van der Waals surface area contributed by atoms with Gasteiger partial charge in [-0.2, -0.15) is 0 Å².